The smallest absolute Gasteiger partial charge is 0.319 e. The number of rotatable bonds is 5. The van der Waals surface area contributed by atoms with Crippen molar-refractivity contribution in [2.24, 2.45) is 0 Å². The third-order valence-electron chi connectivity index (χ3n) is 6.35. The van der Waals surface area contributed by atoms with Crippen molar-refractivity contribution < 1.29 is 14.3 Å². The van der Waals surface area contributed by atoms with E-state index < -0.39 is 4.87 Å². The summed E-state index contributed by atoms with van der Waals surface area (Å²) < 4.78 is 5.36. The van der Waals surface area contributed by atoms with Crippen LogP contribution in [0.25, 0.3) is 0 Å². The molecule has 2 aliphatic rings. The fourth-order valence-corrected chi connectivity index (χ4v) is 6.23. The lowest BCUT2D eigenvalue weighted by molar-refractivity contribution is -0.123. The molecule has 0 bridgehead atoms. The van der Waals surface area contributed by atoms with Gasteiger partial charge < -0.3 is 15.0 Å². The lowest BCUT2D eigenvalue weighted by atomic mass is 10.1. The number of benzene rings is 3. The zero-order valence-electron chi connectivity index (χ0n) is 19.3. The lowest BCUT2D eigenvalue weighted by Gasteiger charge is -2.33. The van der Waals surface area contributed by atoms with Gasteiger partial charge in [0, 0.05) is 24.4 Å². The van der Waals surface area contributed by atoms with Gasteiger partial charge in [0.15, 0.2) is 4.87 Å². The summed E-state index contributed by atoms with van der Waals surface area (Å²) in [4.78, 5) is 29.9. The largest absolute Gasteiger partial charge is 0.497 e. The Kier molecular flexibility index (Phi) is 5.96. The van der Waals surface area contributed by atoms with Crippen LogP contribution < -0.4 is 15.0 Å². The Balaban J connectivity index is 1.44. The van der Waals surface area contributed by atoms with E-state index in [1.807, 2.05) is 73.7 Å². The first-order valence-corrected chi connectivity index (χ1v) is 12.3. The summed E-state index contributed by atoms with van der Waals surface area (Å²) in [6.45, 7) is 3.37. The number of nitrogens with zero attached hydrogens (tertiary/aromatic N) is 2. The van der Waals surface area contributed by atoms with Gasteiger partial charge in [-0.1, -0.05) is 60.2 Å². The molecule has 0 aliphatic carbocycles. The number of fused-ring (bicyclic) bond motifs is 2. The number of carbonyl (C=O) groups excluding carboxylic acids is 2. The fraction of sp³-hybridized carbons (Fsp3) is 0.259. The Morgan fingerprint density at radius 1 is 1.06 bits per heavy atom. The van der Waals surface area contributed by atoms with Crippen molar-refractivity contribution in [3.8, 4) is 5.75 Å². The minimum absolute atomic E-state index is 0.0790. The van der Waals surface area contributed by atoms with Gasteiger partial charge in [-0.15, -0.1) is 11.8 Å². The number of para-hydroxylation sites is 1. The molecule has 2 heterocycles. The molecule has 2 aliphatic heterocycles. The van der Waals surface area contributed by atoms with Crippen molar-refractivity contribution in [1.82, 2.24) is 10.2 Å². The van der Waals surface area contributed by atoms with E-state index in [9.17, 15) is 9.59 Å². The van der Waals surface area contributed by atoms with Crippen LogP contribution >= 0.6 is 11.8 Å². The van der Waals surface area contributed by atoms with Crippen molar-refractivity contribution in [1.29, 1.82) is 0 Å². The monoisotopic (exact) mass is 473 g/mol. The predicted octanol–water partition coefficient (Wildman–Crippen LogP) is 4.66. The Bertz CT molecular complexity index is 1250. The van der Waals surface area contributed by atoms with Gasteiger partial charge in [-0.05, 0) is 36.2 Å². The second kappa shape index (κ2) is 9.06. The van der Waals surface area contributed by atoms with E-state index in [0.29, 0.717) is 25.4 Å². The van der Waals surface area contributed by atoms with Crippen LogP contribution in [-0.2, 0) is 22.8 Å². The zero-order chi connectivity index (χ0) is 23.7. The minimum Gasteiger partial charge on any atom is -0.497 e. The molecule has 34 heavy (non-hydrogen) atoms. The maximum absolute atomic E-state index is 14.0. The number of thioether (sulfide) groups is 1. The van der Waals surface area contributed by atoms with Crippen LogP contribution in [0.4, 0.5) is 10.5 Å². The Labute approximate surface area is 203 Å². The Hall–Kier alpha value is -3.45. The van der Waals surface area contributed by atoms with E-state index in [4.69, 9.17) is 4.74 Å². The highest BCUT2D eigenvalue weighted by Crippen LogP contribution is 2.54. The van der Waals surface area contributed by atoms with Gasteiger partial charge in [-0.2, -0.15) is 0 Å². The van der Waals surface area contributed by atoms with Crippen molar-refractivity contribution in [3.63, 3.8) is 0 Å². The number of hydrogen-bond donors (Lipinski definition) is 1. The van der Waals surface area contributed by atoms with E-state index in [1.165, 1.54) is 11.8 Å². The number of hydrogen-bond acceptors (Lipinski definition) is 4. The lowest BCUT2D eigenvalue weighted by Crippen LogP contribution is -2.53. The summed E-state index contributed by atoms with van der Waals surface area (Å²) in [5.41, 5.74) is 4.87. The SMILES string of the molecule is COc1cccc(CN2C(=O)C3(SCCN3C(=O)NCc3cccc(C)c3)c3ccccc32)c1. The van der Waals surface area contributed by atoms with Crippen molar-refractivity contribution in [3.05, 3.63) is 95.1 Å². The standard InChI is InChI=1S/C27H27N3O3S/c1-19-7-5-8-20(15-19)17-28-26(32)30-13-14-34-27(30)23-11-3-4-12-24(23)29(25(27)31)18-21-9-6-10-22(16-21)33-2/h3-12,15-16H,13-14,17-18H2,1-2H3,(H,28,32). The van der Waals surface area contributed by atoms with Gasteiger partial charge in [0.05, 0.1) is 19.3 Å². The van der Waals surface area contributed by atoms with Crippen LogP contribution in [0.15, 0.2) is 72.8 Å². The summed E-state index contributed by atoms with van der Waals surface area (Å²) in [7, 11) is 1.63. The maximum Gasteiger partial charge on any atom is 0.319 e. The summed E-state index contributed by atoms with van der Waals surface area (Å²) in [5, 5.41) is 3.04. The molecular weight excluding hydrogens is 446 g/mol. The highest BCUT2D eigenvalue weighted by atomic mass is 32.2. The molecular formula is C27H27N3O3S. The molecule has 0 saturated carbocycles. The molecule has 0 radical (unpaired) electrons. The molecule has 1 atom stereocenters. The molecule has 1 saturated heterocycles. The predicted molar refractivity (Wildman–Crippen MR) is 135 cm³/mol. The first-order valence-electron chi connectivity index (χ1n) is 11.3. The maximum atomic E-state index is 14.0. The molecule has 5 rings (SSSR count). The number of aryl methyl sites for hydroxylation is 1. The molecule has 3 amide bonds. The number of urea groups is 1. The average molecular weight is 474 g/mol. The van der Waals surface area contributed by atoms with Crippen molar-refractivity contribution in [2.75, 3.05) is 24.3 Å². The molecule has 1 unspecified atom stereocenters. The third-order valence-corrected chi connectivity index (χ3v) is 7.77. The number of nitrogens with one attached hydrogen (secondary N) is 1. The highest BCUT2D eigenvalue weighted by molar-refractivity contribution is 8.01. The van der Waals surface area contributed by atoms with Gasteiger partial charge in [-0.25, -0.2) is 4.79 Å². The molecule has 3 aromatic carbocycles. The summed E-state index contributed by atoms with van der Waals surface area (Å²) in [6, 6.07) is 23.4. The van der Waals surface area contributed by atoms with E-state index >= 15 is 0 Å². The third kappa shape index (κ3) is 3.80. The Morgan fingerprint density at radius 2 is 1.85 bits per heavy atom. The van der Waals surface area contributed by atoms with E-state index in [1.54, 1.807) is 16.9 Å². The summed E-state index contributed by atoms with van der Waals surface area (Å²) in [6.07, 6.45) is 0. The molecule has 1 spiro atoms. The van der Waals surface area contributed by atoms with Crippen LogP contribution in [-0.4, -0.2) is 36.2 Å². The quantitative estimate of drug-likeness (QED) is 0.585. The topological polar surface area (TPSA) is 61.9 Å². The number of amides is 3. The van der Waals surface area contributed by atoms with Gasteiger partial charge in [0.2, 0.25) is 0 Å². The molecule has 3 aromatic rings. The van der Waals surface area contributed by atoms with Gasteiger partial charge in [0.25, 0.3) is 5.91 Å². The average Bonchev–Trinajstić information content (AvgIpc) is 3.40. The van der Waals surface area contributed by atoms with Crippen LogP contribution in [0, 0.1) is 6.92 Å². The van der Waals surface area contributed by atoms with Crippen LogP contribution in [0.5, 0.6) is 5.75 Å². The number of anilines is 1. The van der Waals surface area contributed by atoms with Crippen molar-refractivity contribution >= 4 is 29.4 Å². The first-order chi connectivity index (χ1) is 16.5. The molecule has 1 N–H and O–H groups in total. The molecule has 0 aromatic heterocycles. The molecule has 174 valence electrons. The summed E-state index contributed by atoms with van der Waals surface area (Å²) in [5.74, 6) is 1.37. The van der Waals surface area contributed by atoms with E-state index in [2.05, 4.69) is 11.4 Å². The van der Waals surface area contributed by atoms with Crippen LogP contribution in [0.2, 0.25) is 0 Å². The summed E-state index contributed by atoms with van der Waals surface area (Å²) >= 11 is 1.53. The van der Waals surface area contributed by atoms with Crippen LogP contribution in [0.1, 0.15) is 22.3 Å². The van der Waals surface area contributed by atoms with Crippen molar-refractivity contribution in [2.45, 2.75) is 24.9 Å². The Morgan fingerprint density at radius 3 is 2.68 bits per heavy atom. The number of ether oxygens (including phenoxy) is 1. The molecule has 1 fully saturated rings. The normalized spacial score (nSPS) is 18.9. The second-order valence-electron chi connectivity index (χ2n) is 8.55. The molecule has 7 heteroatoms. The van der Waals surface area contributed by atoms with E-state index in [0.717, 1.165) is 33.7 Å². The van der Waals surface area contributed by atoms with Gasteiger partial charge in [-0.3, -0.25) is 9.69 Å². The van der Waals surface area contributed by atoms with E-state index in [-0.39, 0.29) is 11.9 Å². The second-order valence-corrected chi connectivity index (χ2v) is 9.84. The fourth-order valence-electron chi connectivity index (χ4n) is 4.77. The van der Waals surface area contributed by atoms with Gasteiger partial charge in [0.1, 0.15) is 5.75 Å². The minimum atomic E-state index is -1.05. The first kappa shape index (κ1) is 22.3. The highest BCUT2D eigenvalue weighted by Gasteiger charge is 2.59. The zero-order valence-corrected chi connectivity index (χ0v) is 20.1. The van der Waals surface area contributed by atoms with Crippen LogP contribution in [0.3, 0.4) is 0 Å². The number of methoxy groups -OCH3 is 1. The van der Waals surface area contributed by atoms with Gasteiger partial charge >= 0.3 is 6.03 Å². The number of carbonyl (C=O) groups is 2. The molecule has 6 nitrogen and oxygen atoms in total.